The van der Waals surface area contributed by atoms with E-state index in [0.29, 0.717) is 10.3 Å². The summed E-state index contributed by atoms with van der Waals surface area (Å²) in [5.74, 6) is -7.60. The lowest BCUT2D eigenvalue weighted by atomic mass is 9.95. The molecule has 2 heterocycles. The fraction of sp³-hybridized carbons (Fsp3) is 0.444. The van der Waals surface area contributed by atoms with Gasteiger partial charge in [0.15, 0.2) is 18.1 Å². The van der Waals surface area contributed by atoms with Gasteiger partial charge in [0, 0.05) is 6.20 Å². The van der Waals surface area contributed by atoms with Crippen LogP contribution in [0.2, 0.25) is 0 Å². The van der Waals surface area contributed by atoms with Crippen LogP contribution in [0.3, 0.4) is 0 Å². The Morgan fingerprint density at radius 1 is 1.16 bits per heavy atom. The van der Waals surface area contributed by atoms with Gasteiger partial charge in [0.1, 0.15) is 11.8 Å². The third kappa shape index (κ3) is 6.60. The number of ketones is 1. The first-order valence-electron chi connectivity index (χ1n) is 13.0. The normalized spacial score (nSPS) is 25.8. The number of carbonyl (C=O) groups excluding carboxylic acids is 3. The van der Waals surface area contributed by atoms with E-state index in [1.54, 1.807) is 30.3 Å². The number of esters is 1. The second kappa shape index (κ2) is 12.3. The average Bonchev–Trinajstić information content (AvgIpc) is 3.12. The highest BCUT2D eigenvalue weighted by Crippen LogP contribution is 2.53. The Kier molecular flexibility index (Phi) is 9.33. The number of hydrogen-bond donors (Lipinski definition) is 2. The van der Waals surface area contributed by atoms with Gasteiger partial charge in [-0.1, -0.05) is 30.3 Å². The summed E-state index contributed by atoms with van der Waals surface area (Å²) < 4.78 is 94.4. The van der Waals surface area contributed by atoms with Crippen LogP contribution in [0.15, 0.2) is 54.7 Å². The predicted octanol–water partition coefficient (Wildman–Crippen LogP) is 3.94. The van der Waals surface area contributed by atoms with E-state index in [1.807, 2.05) is 0 Å². The molecule has 16 heteroatoms. The van der Waals surface area contributed by atoms with E-state index in [9.17, 15) is 32.8 Å². The van der Waals surface area contributed by atoms with E-state index in [0.717, 1.165) is 17.7 Å². The highest BCUT2D eigenvalue weighted by Gasteiger charge is 2.74. The molecule has 0 aliphatic carbocycles. The number of benzene rings is 2. The van der Waals surface area contributed by atoms with E-state index in [1.165, 1.54) is 32.9 Å². The molecule has 0 radical (unpaired) electrons. The van der Waals surface area contributed by atoms with Crippen LogP contribution in [0.4, 0.5) is 17.6 Å². The minimum Gasteiger partial charge on any atom is -0.462 e. The zero-order chi connectivity index (χ0) is 31.7. The van der Waals surface area contributed by atoms with Gasteiger partial charge in [-0.3, -0.25) is 23.8 Å². The standard InChI is InChI=1S/C27H29F4N2O9P/c1-15(2)40-24(37)16(3)32-43(38,42-20-9-8-17-6-4-5-7-18(17)12-20)39-14-26(25(28)29)27(30,31)22(36)23(41-26)33-11-10-19(34)13-21(33)35/h4-12,15-16,22-23,25,36H,13-14H2,1-3H3,(H,32,38)/t16-,22-,23+,26-,43?/m0/s1. The van der Waals surface area contributed by atoms with Crippen LogP contribution in [-0.2, 0) is 32.9 Å². The number of alkyl halides is 4. The molecule has 1 fully saturated rings. The number of carbonyl (C=O) groups is 3. The SMILES string of the molecule is CC(C)OC(=O)[C@H](C)NP(=O)(OC[C@@]1(C(F)F)O[C@@H](N2C=CC(=O)CC2=O)[C@H](O)C1(F)F)Oc1ccc2ccccc2c1. The lowest BCUT2D eigenvalue weighted by Crippen LogP contribution is -2.57. The maximum atomic E-state index is 15.4. The van der Waals surface area contributed by atoms with Gasteiger partial charge in [0.25, 0.3) is 6.43 Å². The van der Waals surface area contributed by atoms with Gasteiger partial charge in [-0.25, -0.2) is 13.3 Å². The molecule has 2 N–H and O–H groups in total. The Morgan fingerprint density at radius 3 is 2.47 bits per heavy atom. The van der Waals surface area contributed by atoms with Gasteiger partial charge in [-0.15, -0.1) is 0 Å². The average molecular weight is 633 g/mol. The van der Waals surface area contributed by atoms with Crippen molar-refractivity contribution in [3.63, 3.8) is 0 Å². The molecule has 2 aromatic carbocycles. The van der Waals surface area contributed by atoms with Gasteiger partial charge in [0.2, 0.25) is 11.5 Å². The largest absolute Gasteiger partial charge is 0.462 e. The Morgan fingerprint density at radius 2 is 1.84 bits per heavy atom. The first kappa shape index (κ1) is 32.6. The molecule has 0 aromatic heterocycles. The molecule has 1 saturated heterocycles. The van der Waals surface area contributed by atoms with Gasteiger partial charge in [-0.2, -0.15) is 13.9 Å². The summed E-state index contributed by atoms with van der Waals surface area (Å²) in [6.45, 7) is 2.44. The van der Waals surface area contributed by atoms with Crippen molar-refractivity contribution in [3.8, 4) is 5.75 Å². The van der Waals surface area contributed by atoms with Crippen LogP contribution < -0.4 is 9.61 Å². The van der Waals surface area contributed by atoms with Crippen LogP contribution in [0.25, 0.3) is 10.8 Å². The number of ether oxygens (including phenoxy) is 2. The summed E-state index contributed by atoms with van der Waals surface area (Å²) >= 11 is 0. The third-order valence-electron chi connectivity index (χ3n) is 6.65. The molecule has 43 heavy (non-hydrogen) atoms. The summed E-state index contributed by atoms with van der Waals surface area (Å²) in [5, 5.41) is 13.9. The fourth-order valence-corrected chi connectivity index (χ4v) is 5.93. The molecule has 2 aliphatic heterocycles. The molecule has 11 nitrogen and oxygen atoms in total. The van der Waals surface area contributed by atoms with Crippen molar-refractivity contribution in [1.82, 2.24) is 9.99 Å². The van der Waals surface area contributed by atoms with Gasteiger partial charge in [0.05, 0.1) is 19.1 Å². The molecular weight excluding hydrogens is 603 g/mol. The van der Waals surface area contributed by atoms with Crippen LogP contribution in [0.1, 0.15) is 27.2 Å². The minimum atomic E-state index is -4.97. The van der Waals surface area contributed by atoms with E-state index in [-0.39, 0.29) is 5.75 Å². The Labute approximate surface area is 243 Å². The summed E-state index contributed by atoms with van der Waals surface area (Å²) in [6, 6.07) is 9.84. The Balaban J connectivity index is 1.66. The van der Waals surface area contributed by atoms with Crippen LogP contribution in [0.5, 0.6) is 5.75 Å². The third-order valence-corrected chi connectivity index (χ3v) is 8.27. The second-order valence-corrected chi connectivity index (χ2v) is 11.9. The fourth-order valence-electron chi connectivity index (χ4n) is 4.42. The van der Waals surface area contributed by atoms with Crippen LogP contribution >= 0.6 is 7.75 Å². The van der Waals surface area contributed by atoms with Gasteiger partial charge < -0.3 is 19.1 Å². The van der Waals surface area contributed by atoms with Gasteiger partial charge in [-0.05, 0) is 49.8 Å². The van der Waals surface area contributed by atoms with Crippen LogP contribution in [-0.4, -0.2) is 76.7 Å². The number of aliphatic hydroxyl groups is 1. The number of nitrogens with zero attached hydrogens (tertiary/aromatic N) is 1. The summed E-state index contributed by atoms with van der Waals surface area (Å²) in [6.07, 6.45) is -9.20. The number of fused-ring (bicyclic) bond motifs is 1. The molecule has 2 aliphatic rings. The Hall–Kier alpha value is -3.36. The number of hydrogen-bond acceptors (Lipinski definition) is 9. The van der Waals surface area contributed by atoms with E-state index in [2.05, 4.69) is 5.09 Å². The molecule has 2 aromatic rings. The highest BCUT2D eigenvalue weighted by atomic mass is 31.2. The zero-order valence-corrected chi connectivity index (χ0v) is 24.0. The maximum absolute atomic E-state index is 15.4. The lowest BCUT2D eigenvalue weighted by Gasteiger charge is -2.34. The topological polar surface area (TPSA) is 141 Å². The number of rotatable bonds is 11. The molecule has 0 bridgehead atoms. The number of allylic oxidation sites excluding steroid dienone is 1. The van der Waals surface area contributed by atoms with Gasteiger partial charge >= 0.3 is 19.6 Å². The summed E-state index contributed by atoms with van der Waals surface area (Å²) in [5.41, 5.74) is -3.95. The van der Waals surface area contributed by atoms with Crippen molar-refractivity contribution < 1.29 is 60.1 Å². The number of aliphatic hydroxyl groups excluding tert-OH is 1. The lowest BCUT2D eigenvalue weighted by molar-refractivity contribution is -0.243. The Bertz CT molecular complexity index is 1470. The van der Waals surface area contributed by atoms with Crippen molar-refractivity contribution in [2.45, 2.75) is 69.6 Å². The summed E-state index contributed by atoms with van der Waals surface area (Å²) in [7, 11) is -4.97. The molecule has 0 spiro atoms. The second-order valence-electron chi connectivity index (χ2n) is 10.2. The molecule has 234 valence electrons. The molecular formula is C27H29F4N2O9P. The number of amides is 1. The van der Waals surface area contributed by atoms with Crippen molar-refractivity contribution in [2.24, 2.45) is 0 Å². The highest BCUT2D eigenvalue weighted by molar-refractivity contribution is 7.52. The van der Waals surface area contributed by atoms with Crippen molar-refractivity contribution in [1.29, 1.82) is 0 Å². The van der Waals surface area contributed by atoms with E-state index >= 15 is 8.78 Å². The molecule has 1 amide bonds. The monoisotopic (exact) mass is 632 g/mol. The number of halogens is 4. The van der Waals surface area contributed by atoms with E-state index in [4.69, 9.17) is 18.5 Å². The minimum absolute atomic E-state index is 0.129. The smallest absolute Gasteiger partial charge is 0.459 e. The first-order valence-corrected chi connectivity index (χ1v) is 14.6. The van der Waals surface area contributed by atoms with E-state index < -0.39 is 80.9 Å². The van der Waals surface area contributed by atoms with Crippen molar-refractivity contribution in [3.05, 3.63) is 54.7 Å². The molecule has 0 saturated carbocycles. The zero-order valence-electron chi connectivity index (χ0n) is 23.1. The molecule has 4 rings (SSSR count). The summed E-state index contributed by atoms with van der Waals surface area (Å²) in [4.78, 5) is 36.6. The molecule has 5 atom stereocenters. The number of nitrogens with one attached hydrogen (secondary N) is 1. The van der Waals surface area contributed by atoms with Crippen molar-refractivity contribution in [2.75, 3.05) is 6.61 Å². The quantitative estimate of drug-likeness (QED) is 0.162. The molecule has 1 unspecified atom stereocenters. The first-order chi connectivity index (χ1) is 20.1. The maximum Gasteiger partial charge on any atom is 0.459 e. The van der Waals surface area contributed by atoms with Crippen molar-refractivity contribution >= 4 is 36.2 Å². The van der Waals surface area contributed by atoms with Crippen LogP contribution in [0, 0.1) is 0 Å². The predicted molar refractivity (Wildman–Crippen MR) is 142 cm³/mol.